The lowest BCUT2D eigenvalue weighted by atomic mass is 10.2. The van der Waals surface area contributed by atoms with Gasteiger partial charge in [-0.1, -0.05) is 41.9 Å². The van der Waals surface area contributed by atoms with Crippen LogP contribution in [-0.4, -0.2) is 32.4 Å². The summed E-state index contributed by atoms with van der Waals surface area (Å²) >= 11 is 5.86. The molecule has 2 aromatic rings. The maximum absolute atomic E-state index is 12.9. The molecule has 27 heavy (non-hydrogen) atoms. The Morgan fingerprint density at radius 2 is 1.85 bits per heavy atom. The predicted octanol–water partition coefficient (Wildman–Crippen LogP) is 3.91. The number of alkyl halides is 3. The zero-order chi connectivity index (χ0) is 19.7. The quantitative estimate of drug-likeness (QED) is 0.800. The summed E-state index contributed by atoms with van der Waals surface area (Å²) < 4.78 is 66.3. The first kappa shape index (κ1) is 20.1. The lowest BCUT2D eigenvalue weighted by Crippen LogP contribution is -2.37. The summed E-state index contributed by atoms with van der Waals surface area (Å²) in [5.41, 5.74) is 0.0614. The van der Waals surface area contributed by atoms with E-state index in [2.05, 4.69) is 9.62 Å². The molecule has 0 amide bonds. The van der Waals surface area contributed by atoms with Crippen LogP contribution in [-0.2, 0) is 22.7 Å². The van der Waals surface area contributed by atoms with Crippen LogP contribution in [0.5, 0.6) is 0 Å². The topological polar surface area (TPSA) is 49.4 Å². The van der Waals surface area contributed by atoms with Crippen LogP contribution < -0.4 is 4.72 Å². The number of likely N-dealkylation sites (tertiary alicyclic amines) is 1. The first-order valence-corrected chi connectivity index (χ1v) is 10.2. The lowest BCUT2D eigenvalue weighted by Gasteiger charge is -2.17. The molecule has 4 nitrogen and oxygen atoms in total. The Morgan fingerprint density at radius 1 is 1.15 bits per heavy atom. The molecule has 9 heteroatoms. The zero-order valence-electron chi connectivity index (χ0n) is 14.2. The number of rotatable bonds is 5. The van der Waals surface area contributed by atoms with E-state index in [1.54, 1.807) is 0 Å². The van der Waals surface area contributed by atoms with Gasteiger partial charge in [0.25, 0.3) is 0 Å². The van der Waals surface area contributed by atoms with Gasteiger partial charge in [-0.3, -0.25) is 4.90 Å². The normalized spacial score (nSPS) is 18.7. The van der Waals surface area contributed by atoms with Crippen molar-refractivity contribution < 1.29 is 21.6 Å². The highest BCUT2D eigenvalue weighted by molar-refractivity contribution is 7.89. The molecule has 0 spiro atoms. The number of hydrogen-bond donors (Lipinski definition) is 1. The molecule has 3 rings (SSSR count). The molecule has 1 aliphatic heterocycles. The van der Waals surface area contributed by atoms with E-state index in [-0.39, 0.29) is 11.1 Å². The van der Waals surface area contributed by atoms with Gasteiger partial charge >= 0.3 is 6.18 Å². The molecule has 1 heterocycles. The van der Waals surface area contributed by atoms with Gasteiger partial charge in [-0.25, -0.2) is 13.1 Å². The van der Waals surface area contributed by atoms with E-state index in [1.165, 1.54) is 0 Å². The molecule has 1 saturated heterocycles. The predicted molar refractivity (Wildman–Crippen MR) is 96.9 cm³/mol. The van der Waals surface area contributed by atoms with Gasteiger partial charge in [0, 0.05) is 25.7 Å². The Morgan fingerprint density at radius 3 is 2.52 bits per heavy atom. The summed E-state index contributed by atoms with van der Waals surface area (Å²) in [6.45, 7) is 1.85. The smallest absolute Gasteiger partial charge is 0.297 e. The van der Waals surface area contributed by atoms with E-state index in [0.717, 1.165) is 17.7 Å². The molecule has 0 bridgehead atoms. The SMILES string of the molecule is O=S(=O)(NC1CCN(Cc2ccccc2)C1)c1cc(C(F)(F)F)ccc1Cl. The van der Waals surface area contributed by atoms with Crippen molar-refractivity contribution in [1.29, 1.82) is 0 Å². The minimum Gasteiger partial charge on any atom is -0.297 e. The first-order chi connectivity index (χ1) is 12.6. The second kappa shape index (κ2) is 7.79. The van der Waals surface area contributed by atoms with Crippen LogP contribution in [0, 0.1) is 0 Å². The van der Waals surface area contributed by atoms with E-state index < -0.39 is 26.7 Å². The molecule has 2 aromatic carbocycles. The molecular weight excluding hydrogens is 401 g/mol. The third-order valence-corrected chi connectivity index (χ3v) is 6.39. The minimum atomic E-state index is -4.64. The summed E-state index contributed by atoms with van der Waals surface area (Å²) in [5, 5.41) is -0.241. The third kappa shape index (κ3) is 5.01. The van der Waals surface area contributed by atoms with E-state index >= 15 is 0 Å². The largest absolute Gasteiger partial charge is 0.416 e. The highest BCUT2D eigenvalue weighted by Crippen LogP contribution is 2.33. The number of nitrogens with zero attached hydrogens (tertiary/aromatic N) is 1. The van der Waals surface area contributed by atoms with Gasteiger partial charge in [0.05, 0.1) is 10.6 Å². The van der Waals surface area contributed by atoms with Crippen molar-refractivity contribution in [3.63, 3.8) is 0 Å². The Labute approximate surface area is 161 Å². The Bertz CT molecular complexity index is 905. The van der Waals surface area contributed by atoms with E-state index in [1.807, 2.05) is 30.3 Å². The third-order valence-electron chi connectivity index (χ3n) is 4.39. The Kier molecular flexibility index (Phi) is 5.81. The highest BCUT2D eigenvalue weighted by Gasteiger charge is 2.34. The van der Waals surface area contributed by atoms with Gasteiger partial charge in [-0.2, -0.15) is 13.2 Å². The van der Waals surface area contributed by atoms with E-state index in [4.69, 9.17) is 11.6 Å². The van der Waals surface area contributed by atoms with Gasteiger partial charge < -0.3 is 0 Å². The van der Waals surface area contributed by atoms with Crippen molar-refractivity contribution in [3.8, 4) is 0 Å². The molecule has 146 valence electrons. The van der Waals surface area contributed by atoms with Gasteiger partial charge in [-0.05, 0) is 30.2 Å². The molecule has 1 fully saturated rings. The van der Waals surface area contributed by atoms with Crippen molar-refractivity contribution in [3.05, 3.63) is 64.7 Å². The number of hydrogen-bond acceptors (Lipinski definition) is 3. The molecule has 0 saturated carbocycles. The van der Waals surface area contributed by atoms with Crippen molar-refractivity contribution >= 4 is 21.6 Å². The van der Waals surface area contributed by atoms with Gasteiger partial charge in [0.2, 0.25) is 10.0 Å². The Hall–Kier alpha value is -1.61. The minimum absolute atomic E-state index is 0.241. The molecule has 1 atom stereocenters. The van der Waals surface area contributed by atoms with Crippen LogP contribution in [0.4, 0.5) is 13.2 Å². The van der Waals surface area contributed by atoms with E-state index in [9.17, 15) is 21.6 Å². The monoisotopic (exact) mass is 418 g/mol. The van der Waals surface area contributed by atoms with E-state index in [0.29, 0.717) is 32.1 Å². The van der Waals surface area contributed by atoms with Crippen LogP contribution in [0.1, 0.15) is 17.5 Å². The average Bonchev–Trinajstić information content (AvgIpc) is 3.01. The number of halogens is 4. The molecule has 0 radical (unpaired) electrons. The summed E-state index contributed by atoms with van der Waals surface area (Å²) in [5.74, 6) is 0. The maximum Gasteiger partial charge on any atom is 0.416 e. The fraction of sp³-hybridized carbons (Fsp3) is 0.333. The van der Waals surface area contributed by atoms with Gasteiger partial charge in [0.15, 0.2) is 0 Å². The lowest BCUT2D eigenvalue weighted by molar-refractivity contribution is -0.137. The van der Waals surface area contributed by atoms with Crippen molar-refractivity contribution in [2.75, 3.05) is 13.1 Å². The van der Waals surface area contributed by atoms with Crippen LogP contribution in [0.2, 0.25) is 5.02 Å². The van der Waals surface area contributed by atoms with Gasteiger partial charge in [-0.15, -0.1) is 0 Å². The first-order valence-electron chi connectivity index (χ1n) is 8.30. The fourth-order valence-electron chi connectivity index (χ4n) is 3.08. The fourth-order valence-corrected chi connectivity index (χ4v) is 4.87. The summed E-state index contributed by atoms with van der Waals surface area (Å²) in [6.07, 6.45) is -4.07. The second-order valence-electron chi connectivity index (χ2n) is 6.47. The summed E-state index contributed by atoms with van der Waals surface area (Å²) in [7, 11) is -4.16. The van der Waals surface area contributed by atoms with Crippen molar-refractivity contribution in [2.45, 2.75) is 30.1 Å². The molecule has 0 aromatic heterocycles. The van der Waals surface area contributed by atoms with Crippen LogP contribution >= 0.6 is 11.6 Å². The van der Waals surface area contributed by atoms with Crippen LogP contribution in [0.25, 0.3) is 0 Å². The molecule has 1 unspecified atom stereocenters. The number of benzene rings is 2. The van der Waals surface area contributed by atoms with Gasteiger partial charge in [0.1, 0.15) is 4.90 Å². The van der Waals surface area contributed by atoms with Crippen LogP contribution in [0.15, 0.2) is 53.4 Å². The average molecular weight is 419 g/mol. The molecular formula is C18H18ClF3N2O2S. The summed E-state index contributed by atoms with van der Waals surface area (Å²) in [4.78, 5) is 1.54. The van der Waals surface area contributed by atoms with Crippen molar-refractivity contribution in [1.82, 2.24) is 9.62 Å². The molecule has 1 N–H and O–H groups in total. The maximum atomic E-state index is 12.9. The highest BCUT2D eigenvalue weighted by atomic mass is 35.5. The standard InChI is InChI=1S/C18H18ClF3N2O2S/c19-16-7-6-14(18(20,21)22)10-17(16)27(25,26)23-15-8-9-24(12-15)11-13-4-2-1-3-5-13/h1-7,10,15,23H,8-9,11-12H2. The number of nitrogens with one attached hydrogen (secondary N) is 1. The Balaban J connectivity index is 1.70. The second-order valence-corrected chi connectivity index (χ2v) is 8.56. The van der Waals surface area contributed by atoms with Crippen molar-refractivity contribution in [2.24, 2.45) is 0 Å². The summed E-state index contributed by atoms with van der Waals surface area (Å²) in [6, 6.07) is 11.7. The number of sulfonamides is 1. The zero-order valence-corrected chi connectivity index (χ0v) is 15.8. The molecule has 0 aliphatic carbocycles. The van der Waals surface area contributed by atoms with Crippen LogP contribution in [0.3, 0.4) is 0 Å². The molecule has 1 aliphatic rings.